The number of hydrogen-bond acceptors (Lipinski definition) is 8. The minimum atomic E-state index is -3.80. The monoisotopic (exact) mass is 571 g/mol. The summed E-state index contributed by atoms with van der Waals surface area (Å²) in [6.45, 7) is 2.87. The van der Waals surface area contributed by atoms with Crippen LogP contribution in [-0.2, 0) is 24.8 Å². The predicted octanol–water partition coefficient (Wildman–Crippen LogP) is 1.38. The van der Waals surface area contributed by atoms with Crippen molar-refractivity contribution in [3.05, 3.63) is 53.8 Å². The summed E-state index contributed by atoms with van der Waals surface area (Å²) >= 11 is 0. The van der Waals surface area contributed by atoms with Crippen LogP contribution in [0.3, 0.4) is 0 Å². The maximum absolute atomic E-state index is 13.7. The molecule has 10 nitrogen and oxygen atoms in total. The number of sulfonamides is 2. The number of aliphatic hydroxyl groups is 1. The molecule has 4 rings (SSSR count). The second-order valence-corrected chi connectivity index (χ2v) is 13.6. The fourth-order valence-corrected chi connectivity index (χ4v) is 7.29. The summed E-state index contributed by atoms with van der Waals surface area (Å²) in [4.78, 5) is 0.0651. The Morgan fingerprint density at radius 1 is 1.18 bits per heavy atom. The van der Waals surface area contributed by atoms with E-state index in [0.717, 1.165) is 6.07 Å². The van der Waals surface area contributed by atoms with Crippen LogP contribution >= 0.6 is 0 Å². The fraction of sp³-hybridized carbons (Fsp3) is 0.520. The van der Waals surface area contributed by atoms with Crippen LogP contribution in [0.4, 0.5) is 4.39 Å². The van der Waals surface area contributed by atoms with Crippen LogP contribution in [0.2, 0.25) is 0 Å². The Hall–Kier alpha value is -2.13. The Balaban J connectivity index is 1.24. The summed E-state index contributed by atoms with van der Waals surface area (Å²) in [5.41, 5.74) is 0.0628. The molecule has 0 aliphatic carbocycles. The predicted molar refractivity (Wildman–Crippen MR) is 138 cm³/mol. The molecule has 2 aromatic carbocycles. The number of halogens is 1. The van der Waals surface area contributed by atoms with Gasteiger partial charge in [-0.05, 0) is 63.1 Å². The average molecular weight is 572 g/mol. The maximum atomic E-state index is 13.7. The molecule has 2 atom stereocenters. The van der Waals surface area contributed by atoms with Crippen molar-refractivity contribution in [1.82, 2.24) is 14.3 Å². The highest BCUT2D eigenvalue weighted by Gasteiger charge is 2.45. The van der Waals surface area contributed by atoms with Gasteiger partial charge in [0.2, 0.25) is 20.0 Å². The van der Waals surface area contributed by atoms with Gasteiger partial charge in [0, 0.05) is 31.7 Å². The van der Waals surface area contributed by atoms with Crippen molar-refractivity contribution >= 4 is 20.0 Å². The van der Waals surface area contributed by atoms with Gasteiger partial charge in [-0.3, -0.25) is 0 Å². The molecule has 0 amide bonds. The molecule has 210 valence electrons. The molecule has 2 heterocycles. The third-order valence-corrected chi connectivity index (χ3v) is 10.5. The van der Waals surface area contributed by atoms with E-state index in [4.69, 9.17) is 9.47 Å². The summed E-state index contributed by atoms with van der Waals surface area (Å²) < 4.78 is 79.1. The van der Waals surface area contributed by atoms with Crippen LogP contribution in [-0.4, -0.2) is 83.9 Å². The first-order valence-electron chi connectivity index (χ1n) is 12.4. The van der Waals surface area contributed by atoms with Gasteiger partial charge in [-0.15, -0.1) is 0 Å². The van der Waals surface area contributed by atoms with Crippen LogP contribution < -0.4 is 14.8 Å². The van der Waals surface area contributed by atoms with Crippen molar-refractivity contribution in [2.45, 2.75) is 53.7 Å². The number of piperidine rings is 1. The van der Waals surface area contributed by atoms with E-state index in [-0.39, 0.29) is 42.1 Å². The van der Waals surface area contributed by atoms with E-state index < -0.39 is 37.6 Å². The third-order valence-electron chi connectivity index (χ3n) is 7.08. The number of hydrogen-bond donors (Lipinski definition) is 3. The molecule has 0 radical (unpaired) electrons. The maximum Gasteiger partial charge on any atom is 0.243 e. The molecule has 2 saturated heterocycles. The Morgan fingerprint density at radius 3 is 2.63 bits per heavy atom. The molecular formula is C25H34FN3O7S2. The molecule has 0 saturated carbocycles. The van der Waals surface area contributed by atoms with Crippen LogP contribution in [0.5, 0.6) is 5.75 Å². The first kappa shape index (κ1) is 28.9. The third kappa shape index (κ3) is 6.53. The van der Waals surface area contributed by atoms with Gasteiger partial charge in [0.05, 0.1) is 22.0 Å². The van der Waals surface area contributed by atoms with Crippen molar-refractivity contribution in [1.29, 1.82) is 0 Å². The van der Waals surface area contributed by atoms with Crippen molar-refractivity contribution in [3.8, 4) is 5.75 Å². The van der Waals surface area contributed by atoms with Gasteiger partial charge < -0.3 is 19.9 Å². The first-order chi connectivity index (χ1) is 17.9. The molecule has 1 spiro atoms. The number of benzene rings is 2. The average Bonchev–Trinajstić information content (AvgIpc) is 3.30. The summed E-state index contributed by atoms with van der Waals surface area (Å²) in [7, 11) is -6.07. The van der Waals surface area contributed by atoms with Gasteiger partial charge in [-0.25, -0.2) is 25.9 Å². The number of aryl methyl sites for hydroxylation is 1. The molecular weight excluding hydrogens is 537 g/mol. The quantitative estimate of drug-likeness (QED) is 0.390. The molecule has 2 aliphatic rings. The topological polar surface area (TPSA) is 134 Å². The van der Waals surface area contributed by atoms with Gasteiger partial charge in [-0.2, -0.15) is 4.31 Å². The number of ether oxygens (including phenoxy) is 2. The zero-order valence-corrected chi connectivity index (χ0v) is 23.0. The lowest BCUT2D eigenvalue weighted by atomic mass is 9.88. The van der Waals surface area contributed by atoms with Crippen molar-refractivity contribution < 1.29 is 35.8 Å². The van der Waals surface area contributed by atoms with E-state index in [1.54, 1.807) is 19.1 Å². The lowest BCUT2D eigenvalue weighted by molar-refractivity contribution is -0.0312. The van der Waals surface area contributed by atoms with E-state index in [1.165, 1.54) is 35.6 Å². The number of nitrogens with one attached hydrogen (secondary N) is 2. The molecule has 1 unspecified atom stereocenters. The van der Waals surface area contributed by atoms with E-state index in [0.29, 0.717) is 37.2 Å². The Bertz CT molecular complexity index is 1350. The minimum absolute atomic E-state index is 0.00748. The van der Waals surface area contributed by atoms with E-state index in [1.807, 2.05) is 0 Å². The highest BCUT2D eigenvalue weighted by molar-refractivity contribution is 7.89. The van der Waals surface area contributed by atoms with Crippen LogP contribution in [0, 0.1) is 12.7 Å². The summed E-state index contributed by atoms with van der Waals surface area (Å²) in [6, 6.07) is 9.80. The summed E-state index contributed by atoms with van der Waals surface area (Å²) in [6.07, 6.45) is 0.891. The minimum Gasteiger partial charge on any atom is -0.491 e. The highest BCUT2D eigenvalue weighted by atomic mass is 32.2. The van der Waals surface area contributed by atoms with Gasteiger partial charge in [0.15, 0.2) is 0 Å². The Labute approximate surface area is 223 Å². The van der Waals surface area contributed by atoms with Crippen LogP contribution in [0.15, 0.2) is 52.3 Å². The van der Waals surface area contributed by atoms with Crippen LogP contribution in [0.25, 0.3) is 0 Å². The van der Waals surface area contributed by atoms with E-state index in [2.05, 4.69) is 10.0 Å². The van der Waals surface area contributed by atoms with Gasteiger partial charge in [0.25, 0.3) is 0 Å². The lowest BCUT2D eigenvalue weighted by Crippen LogP contribution is -2.47. The van der Waals surface area contributed by atoms with Gasteiger partial charge in [-0.1, -0.05) is 12.1 Å². The second-order valence-electron chi connectivity index (χ2n) is 9.76. The highest BCUT2D eigenvalue weighted by Crippen LogP contribution is 2.37. The zero-order valence-electron chi connectivity index (χ0n) is 21.4. The largest absolute Gasteiger partial charge is 0.491 e. The molecule has 0 aromatic heterocycles. The molecule has 2 aliphatic heterocycles. The molecule has 38 heavy (non-hydrogen) atoms. The summed E-state index contributed by atoms with van der Waals surface area (Å²) in [5.74, 6) is -0.253. The summed E-state index contributed by atoms with van der Waals surface area (Å²) in [5, 5.41) is 13.6. The number of nitrogens with zero attached hydrogens (tertiary/aromatic N) is 1. The zero-order chi connectivity index (χ0) is 27.6. The van der Waals surface area contributed by atoms with Crippen molar-refractivity contribution in [2.24, 2.45) is 0 Å². The molecule has 0 bridgehead atoms. The van der Waals surface area contributed by atoms with Gasteiger partial charge in [0.1, 0.15) is 24.3 Å². The van der Waals surface area contributed by atoms with Crippen molar-refractivity contribution in [3.63, 3.8) is 0 Å². The number of aliphatic hydroxyl groups excluding tert-OH is 1. The van der Waals surface area contributed by atoms with Crippen LogP contribution in [0.1, 0.15) is 24.8 Å². The Kier molecular flexibility index (Phi) is 8.77. The Morgan fingerprint density at radius 2 is 1.92 bits per heavy atom. The SMILES string of the molecule is CNS(=O)(=O)c1cccc(OC[C@@H](O)CNC2COC3(CCN(S(=O)(=O)c4cc(F)ccc4C)CC3)C2)c1. The van der Waals surface area contributed by atoms with E-state index >= 15 is 0 Å². The van der Waals surface area contributed by atoms with E-state index in [9.17, 15) is 26.3 Å². The van der Waals surface area contributed by atoms with Crippen molar-refractivity contribution in [2.75, 3.05) is 39.9 Å². The smallest absolute Gasteiger partial charge is 0.243 e. The number of rotatable bonds is 10. The lowest BCUT2D eigenvalue weighted by Gasteiger charge is -2.38. The normalized spacial score (nSPS) is 21.0. The molecule has 13 heteroatoms. The van der Waals surface area contributed by atoms with Gasteiger partial charge >= 0.3 is 0 Å². The first-order valence-corrected chi connectivity index (χ1v) is 15.3. The molecule has 3 N–H and O–H groups in total. The standard InChI is InChI=1S/C25H34FN3O7S2/c1-18-6-7-19(26)12-24(18)38(33,34)29-10-8-25(9-11-29)14-20(16-36-25)28-15-21(30)17-35-22-4-3-5-23(13-22)37(31,32)27-2/h3-7,12-13,20-21,27-28,30H,8-11,14-17H2,1-2H3/t20?,21-/m0/s1. The second kappa shape index (κ2) is 11.5. The molecule has 2 aromatic rings. The molecule has 2 fully saturated rings. The fourth-order valence-electron chi connectivity index (χ4n) is 4.85.